The van der Waals surface area contributed by atoms with Crippen LogP contribution >= 0.6 is 0 Å². The van der Waals surface area contributed by atoms with Crippen molar-refractivity contribution in [1.29, 1.82) is 0 Å². The van der Waals surface area contributed by atoms with E-state index in [2.05, 4.69) is 32.2 Å². The summed E-state index contributed by atoms with van der Waals surface area (Å²) in [5, 5.41) is 11.8. The van der Waals surface area contributed by atoms with Gasteiger partial charge in [0.05, 0.1) is 12.8 Å². The molecule has 0 radical (unpaired) electrons. The zero-order valence-corrected chi connectivity index (χ0v) is 20.2. The number of halogens is 1. The average Bonchev–Trinajstić information content (AvgIpc) is 3.25. The Bertz CT molecular complexity index is 1170. The van der Waals surface area contributed by atoms with Crippen LogP contribution in [0.25, 0.3) is 11.1 Å². The van der Waals surface area contributed by atoms with Gasteiger partial charge in [-0.1, -0.05) is 39.0 Å². The summed E-state index contributed by atoms with van der Waals surface area (Å²) in [5.74, 6) is 0.0934. The number of ether oxygens (including phenoxy) is 1. The fourth-order valence-electron chi connectivity index (χ4n) is 5.10. The number of carbonyl (C=O) groups excluding carboxylic acids is 1. The molecule has 2 N–H and O–H groups in total. The number of anilines is 1. The number of carbonyl (C=O) groups is 2. The van der Waals surface area contributed by atoms with Crippen LogP contribution in [-0.2, 0) is 15.0 Å². The van der Waals surface area contributed by atoms with Crippen LogP contribution in [0.15, 0.2) is 47.5 Å². The highest BCUT2D eigenvalue weighted by Gasteiger charge is 2.38. The normalized spacial score (nSPS) is 19.8. The minimum atomic E-state index is -1.09. The van der Waals surface area contributed by atoms with E-state index in [1.807, 2.05) is 12.1 Å². The Morgan fingerprint density at radius 2 is 1.76 bits per heavy atom. The van der Waals surface area contributed by atoms with Gasteiger partial charge in [-0.15, -0.1) is 0 Å². The van der Waals surface area contributed by atoms with Crippen molar-refractivity contribution >= 4 is 17.6 Å². The number of rotatable bonds is 8. The van der Waals surface area contributed by atoms with Crippen molar-refractivity contribution in [3.05, 3.63) is 58.9 Å². The molecule has 2 aliphatic rings. The van der Waals surface area contributed by atoms with Crippen molar-refractivity contribution in [3.8, 4) is 16.9 Å². The van der Waals surface area contributed by atoms with E-state index >= 15 is 0 Å². The maximum absolute atomic E-state index is 14.9. The summed E-state index contributed by atoms with van der Waals surface area (Å²) >= 11 is 0. The minimum absolute atomic E-state index is 0.0254. The van der Waals surface area contributed by atoms with Gasteiger partial charge in [0.25, 0.3) is 5.91 Å². The van der Waals surface area contributed by atoms with Gasteiger partial charge in [0.15, 0.2) is 0 Å². The summed E-state index contributed by atoms with van der Waals surface area (Å²) in [6.45, 7) is 6.77. The molecule has 2 aromatic rings. The van der Waals surface area contributed by atoms with Gasteiger partial charge in [0.1, 0.15) is 11.6 Å². The summed E-state index contributed by atoms with van der Waals surface area (Å²) in [6, 6.07) is 10.6. The highest BCUT2D eigenvalue weighted by Crippen LogP contribution is 2.48. The Kier molecular flexibility index (Phi) is 6.52. The van der Waals surface area contributed by atoms with Crippen molar-refractivity contribution in [3.63, 3.8) is 0 Å². The molecule has 1 fully saturated rings. The Morgan fingerprint density at radius 1 is 1.12 bits per heavy atom. The van der Waals surface area contributed by atoms with Crippen LogP contribution in [0.2, 0.25) is 0 Å². The largest absolute Gasteiger partial charge is 0.496 e. The molecular formula is C28H32FNO4. The molecule has 5 nitrogen and oxygen atoms in total. The second-order valence-electron chi connectivity index (χ2n) is 10.2. The Balaban J connectivity index is 1.55. The predicted molar refractivity (Wildman–Crippen MR) is 130 cm³/mol. The van der Waals surface area contributed by atoms with Gasteiger partial charge in [-0.2, -0.15) is 0 Å². The third kappa shape index (κ3) is 4.86. The van der Waals surface area contributed by atoms with Gasteiger partial charge in [0.2, 0.25) is 0 Å². The van der Waals surface area contributed by atoms with Crippen LogP contribution in [0.1, 0.15) is 58.4 Å². The molecule has 2 unspecified atom stereocenters. The minimum Gasteiger partial charge on any atom is -0.496 e. The van der Waals surface area contributed by atoms with E-state index < -0.39 is 17.7 Å². The van der Waals surface area contributed by atoms with Crippen molar-refractivity contribution in [2.24, 2.45) is 11.8 Å². The van der Waals surface area contributed by atoms with Crippen molar-refractivity contribution in [2.75, 3.05) is 12.4 Å². The van der Waals surface area contributed by atoms with Crippen LogP contribution < -0.4 is 10.1 Å². The van der Waals surface area contributed by atoms with E-state index in [-0.39, 0.29) is 22.2 Å². The number of benzene rings is 2. The standard InChI is InChI=1S/C28H32FNO4/c1-16-12-19(16)15-28(2,3)22-10-8-18(14-25(22)34-4)17-9-11-24(23(29)13-17)30-26(31)20-6-5-7-21(20)27(32)33/h8-11,13-14,16,19H,5-7,12,15H2,1-4H3,(H,30,31)(H,32,33). The molecule has 1 saturated carbocycles. The first-order valence-corrected chi connectivity index (χ1v) is 11.9. The SMILES string of the molecule is COc1cc(-c2ccc(NC(=O)C3=C(C(=O)O)CCC3)c(F)c2)ccc1C(C)(C)CC1CC1C. The molecule has 0 saturated heterocycles. The molecule has 6 heteroatoms. The maximum Gasteiger partial charge on any atom is 0.332 e. The van der Waals surface area contributed by atoms with Gasteiger partial charge >= 0.3 is 5.97 Å². The number of carboxylic acids is 1. The average molecular weight is 466 g/mol. The summed E-state index contributed by atoms with van der Waals surface area (Å²) in [6.07, 6.45) is 3.73. The summed E-state index contributed by atoms with van der Waals surface area (Å²) < 4.78 is 20.6. The van der Waals surface area contributed by atoms with E-state index in [4.69, 9.17) is 4.74 Å². The molecule has 0 aromatic heterocycles. The number of amides is 1. The third-order valence-electron chi connectivity index (χ3n) is 7.28. The van der Waals surface area contributed by atoms with Gasteiger partial charge in [-0.05, 0) is 84.2 Å². The number of aliphatic carboxylic acids is 1. The molecule has 4 rings (SSSR count). The Morgan fingerprint density at radius 3 is 2.38 bits per heavy atom. The molecule has 2 atom stereocenters. The lowest BCUT2D eigenvalue weighted by atomic mass is 9.78. The van der Waals surface area contributed by atoms with Crippen LogP contribution in [0.4, 0.5) is 10.1 Å². The highest BCUT2D eigenvalue weighted by molar-refractivity contribution is 6.09. The highest BCUT2D eigenvalue weighted by atomic mass is 19.1. The predicted octanol–water partition coefficient (Wildman–Crippen LogP) is 6.33. The van der Waals surface area contributed by atoms with Crippen molar-refractivity contribution < 1.29 is 23.8 Å². The second-order valence-corrected chi connectivity index (χ2v) is 10.2. The summed E-state index contributed by atoms with van der Waals surface area (Å²) in [7, 11) is 1.65. The molecule has 34 heavy (non-hydrogen) atoms. The molecule has 0 bridgehead atoms. The number of hydrogen-bond donors (Lipinski definition) is 2. The number of nitrogens with one attached hydrogen (secondary N) is 1. The van der Waals surface area contributed by atoms with Crippen LogP contribution in [-0.4, -0.2) is 24.1 Å². The zero-order valence-electron chi connectivity index (χ0n) is 20.2. The zero-order chi connectivity index (χ0) is 24.6. The second kappa shape index (κ2) is 9.24. The smallest absolute Gasteiger partial charge is 0.332 e. The Hall–Kier alpha value is -3.15. The first-order chi connectivity index (χ1) is 16.1. The molecule has 180 valence electrons. The summed E-state index contributed by atoms with van der Waals surface area (Å²) in [5.41, 5.74) is 2.96. The van der Waals surface area contributed by atoms with Gasteiger partial charge in [0, 0.05) is 11.1 Å². The monoisotopic (exact) mass is 465 g/mol. The van der Waals surface area contributed by atoms with E-state index in [0.29, 0.717) is 24.8 Å². The number of methoxy groups -OCH3 is 1. The maximum atomic E-state index is 14.9. The van der Waals surface area contributed by atoms with E-state index in [1.165, 1.54) is 18.6 Å². The Labute approximate surface area is 200 Å². The lowest BCUT2D eigenvalue weighted by Gasteiger charge is -2.28. The number of carboxylic acid groups (broad SMARTS) is 1. The lowest BCUT2D eigenvalue weighted by Crippen LogP contribution is -2.19. The van der Waals surface area contributed by atoms with Gasteiger partial charge in [-0.25, -0.2) is 9.18 Å². The van der Waals surface area contributed by atoms with Gasteiger partial charge in [-0.3, -0.25) is 4.79 Å². The molecule has 1 amide bonds. The van der Waals surface area contributed by atoms with Crippen LogP contribution in [0.5, 0.6) is 5.75 Å². The van der Waals surface area contributed by atoms with Gasteiger partial charge < -0.3 is 15.2 Å². The van der Waals surface area contributed by atoms with E-state index in [0.717, 1.165) is 35.1 Å². The van der Waals surface area contributed by atoms with Crippen LogP contribution in [0.3, 0.4) is 0 Å². The molecule has 0 heterocycles. The molecule has 2 aromatic carbocycles. The summed E-state index contributed by atoms with van der Waals surface area (Å²) in [4.78, 5) is 23.9. The van der Waals surface area contributed by atoms with Crippen molar-refractivity contribution in [1.82, 2.24) is 0 Å². The van der Waals surface area contributed by atoms with E-state index in [1.54, 1.807) is 13.2 Å². The molecule has 2 aliphatic carbocycles. The first-order valence-electron chi connectivity index (χ1n) is 11.9. The van der Waals surface area contributed by atoms with E-state index in [9.17, 15) is 19.1 Å². The molecule has 0 aliphatic heterocycles. The lowest BCUT2D eigenvalue weighted by molar-refractivity contribution is -0.133. The first kappa shape index (κ1) is 24.0. The number of hydrogen-bond acceptors (Lipinski definition) is 3. The topological polar surface area (TPSA) is 75.6 Å². The fourth-order valence-corrected chi connectivity index (χ4v) is 5.10. The van der Waals surface area contributed by atoms with Crippen molar-refractivity contribution in [2.45, 2.75) is 58.3 Å². The molecule has 0 spiro atoms. The fraction of sp³-hybridized carbons (Fsp3) is 0.429. The third-order valence-corrected chi connectivity index (χ3v) is 7.28. The van der Waals surface area contributed by atoms with Crippen LogP contribution in [0, 0.1) is 17.7 Å². The quantitative estimate of drug-likeness (QED) is 0.478. The molecular weight excluding hydrogens is 433 g/mol.